The summed E-state index contributed by atoms with van der Waals surface area (Å²) in [5.41, 5.74) is 3.53. The van der Waals surface area contributed by atoms with Crippen molar-refractivity contribution in [3.05, 3.63) is 54.0 Å². The van der Waals surface area contributed by atoms with E-state index in [0.29, 0.717) is 11.6 Å². The highest BCUT2D eigenvalue weighted by Crippen LogP contribution is 2.23. The summed E-state index contributed by atoms with van der Waals surface area (Å²) < 4.78 is 1.86. The molecule has 0 aliphatic heterocycles. The zero-order chi connectivity index (χ0) is 14.1. The molecule has 0 saturated carbocycles. The summed E-state index contributed by atoms with van der Waals surface area (Å²) in [7, 11) is 0. The molecule has 0 aliphatic rings. The van der Waals surface area contributed by atoms with E-state index in [4.69, 9.17) is 0 Å². The van der Waals surface area contributed by atoms with E-state index in [1.54, 1.807) is 0 Å². The predicted molar refractivity (Wildman–Crippen MR) is 78.9 cm³/mol. The SMILES string of the molecule is CC(C)c1ccn(-c2cc(CO)nc3ccccc23)n1. The maximum absolute atomic E-state index is 9.37. The summed E-state index contributed by atoms with van der Waals surface area (Å²) in [4.78, 5) is 4.43. The molecule has 0 aliphatic carbocycles. The molecule has 0 amide bonds. The number of aromatic nitrogens is 3. The molecule has 4 nitrogen and oxygen atoms in total. The van der Waals surface area contributed by atoms with Gasteiger partial charge < -0.3 is 5.11 Å². The lowest BCUT2D eigenvalue weighted by Crippen LogP contribution is -2.01. The van der Waals surface area contributed by atoms with Crippen LogP contribution in [0, 0.1) is 0 Å². The molecular weight excluding hydrogens is 250 g/mol. The molecule has 2 aromatic heterocycles. The van der Waals surface area contributed by atoms with E-state index in [9.17, 15) is 5.11 Å². The molecule has 0 atom stereocenters. The standard InChI is InChI=1S/C16H17N3O/c1-11(2)14-7-8-19(18-14)16-9-12(10-20)17-15-6-4-3-5-13(15)16/h3-9,11,20H,10H2,1-2H3. The maximum atomic E-state index is 9.37. The molecular formula is C16H17N3O. The zero-order valence-electron chi connectivity index (χ0n) is 11.6. The minimum Gasteiger partial charge on any atom is -0.390 e. The van der Waals surface area contributed by atoms with Crippen molar-refractivity contribution >= 4 is 10.9 Å². The van der Waals surface area contributed by atoms with Gasteiger partial charge in [-0.05, 0) is 24.1 Å². The van der Waals surface area contributed by atoms with Crippen molar-refractivity contribution in [1.82, 2.24) is 14.8 Å². The summed E-state index contributed by atoms with van der Waals surface area (Å²) in [5.74, 6) is 0.390. The van der Waals surface area contributed by atoms with Crippen LogP contribution in [0.5, 0.6) is 0 Å². The van der Waals surface area contributed by atoms with E-state index in [1.165, 1.54) is 0 Å². The van der Waals surface area contributed by atoms with Crippen LogP contribution in [0.25, 0.3) is 16.6 Å². The molecule has 3 aromatic rings. The molecule has 0 saturated heterocycles. The van der Waals surface area contributed by atoms with Gasteiger partial charge in [-0.25, -0.2) is 4.68 Å². The van der Waals surface area contributed by atoms with Gasteiger partial charge in [-0.2, -0.15) is 5.10 Å². The lowest BCUT2D eigenvalue weighted by Gasteiger charge is -2.09. The zero-order valence-corrected chi connectivity index (χ0v) is 11.6. The number of benzene rings is 1. The van der Waals surface area contributed by atoms with Gasteiger partial charge in [0.15, 0.2) is 0 Å². The first-order chi connectivity index (χ1) is 9.69. The smallest absolute Gasteiger partial charge is 0.0854 e. The fourth-order valence-corrected chi connectivity index (χ4v) is 2.26. The van der Waals surface area contributed by atoms with Crippen molar-refractivity contribution in [2.24, 2.45) is 0 Å². The lowest BCUT2D eigenvalue weighted by atomic mass is 10.1. The number of hydrogen-bond acceptors (Lipinski definition) is 3. The van der Waals surface area contributed by atoms with Crippen LogP contribution in [0.3, 0.4) is 0 Å². The number of nitrogens with zero attached hydrogens (tertiary/aromatic N) is 3. The normalized spacial score (nSPS) is 11.4. The minimum atomic E-state index is -0.0733. The molecule has 4 heteroatoms. The average Bonchev–Trinajstić information content (AvgIpc) is 2.96. The summed E-state index contributed by atoms with van der Waals surface area (Å²) in [6.45, 7) is 4.17. The number of aliphatic hydroxyl groups is 1. The molecule has 20 heavy (non-hydrogen) atoms. The van der Waals surface area contributed by atoms with Crippen LogP contribution in [0.1, 0.15) is 31.2 Å². The molecule has 3 rings (SSSR count). The fourth-order valence-electron chi connectivity index (χ4n) is 2.26. The van der Waals surface area contributed by atoms with Gasteiger partial charge in [-0.3, -0.25) is 4.98 Å². The molecule has 0 radical (unpaired) electrons. The Bertz CT molecular complexity index is 746. The summed E-state index contributed by atoms with van der Waals surface area (Å²) in [5, 5.41) is 15.0. The number of rotatable bonds is 3. The second-order valence-corrected chi connectivity index (χ2v) is 5.15. The summed E-state index contributed by atoms with van der Waals surface area (Å²) in [6.07, 6.45) is 1.96. The van der Waals surface area contributed by atoms with E-state index in [2.05, 4.69) is 23.9 Å². The molecule has 0 bridgehead atoms. The number of hydrogen-bond donors (Lipinski definition) is 1. The Morgan fingerprint density at radius 1 is 1.20 bits per heavy atom. The quantitative estimate of drug-likeness (QED) is 0.793. The van der Waals surface area contributed by atoms with E-state index in [0.717, 1.165) is 22.3 Å². The third kappa shape index (κ3) is 2.18. The number of aliphatic hydroxyl groups excluding tert-OH is 1. The number of pyridine rings is 1. The molecule has 102 valence electrons. The van der Waals surface area contributed by atoms with Gasteiger partial charge in [0.05, 0.1) is 29.2 Å². The Morgan fingerprint density at radius 3 is 2.70 bits per heavy atom. The van der Waals surface area contributed by atoms with Crippen molar-refractivity contribution in [3.63, 3.8) is 0 Å². The van der Waals surface area contributed by atoms with E-state index in [1.807, 2.05) is 47.3 Å². The van der Waals surface area contributed by atoms with Crippen LogP contribution in [-0.2, 0) is 6.61 Å². The van der Waals surface area contributed by atoms with Crippen LogP contribution < -0.4 is 0 Å². The Kier molecular flexibility index (Phi) is 3.24. The minimum absolute atomic E-state index is 0.0733. The molecule has 1 aromatic carbocycles. The highest BCUT2D eigenvalue weighted by atomic mass is 16.3. The molecule has 2 heterocycles. The van der Waals surface area contributed by atoms with Crippen LogP contribution in [0.15, 0.2) is 42.6 Å². The van der Waals surface area contributed by atoms with Crippen molar-refractivity contribution in [3.8, 4) is 5.69 Å². The first-order valence-electron chi connectivity index (χ1n) is 6.74. The van der Waals surface area contributed by atoms with E-state index < -0.39 is 0 Å². The first kappa shape index (κ1) is 12.8. The molecule has 0 unspecified atom stereocenters. The highest BCUT2D eigenvalue weighted by molar-refractivity contribution is 5.87. The van der Waals surface area contributed by atoms with Gasteiger partial charge in [0, 0.05) is 11.6 Å². The number of fused-ring (bicyclic) bond motifs is 1. The Hall–Kier alpha value is -2.20. The monoisotopic (exact) mass is 267 g/mol. The van der Waals surface area contributed by atoms with Crippen molar-refractivity contribution in [2.45, 2.75) is 26.4 Å². The van der Waals surface area contributed by atoms with Crippen molar-refractivity contribution < 1.29 is 5.11 Å². The third-order valence-electron chi connectivity index (χ3n) is 3.36. The molecule has 0 spiro atoms. The van der Waals surface area contributed by atoms with Gasteiger partial charge in [-0.1, -0.05) is 32.0 Å². The number of para-hydroxylation sites is 1. The highest BCUT2D eigenvalue weighted by Gasteiger charge is 2.10. The van der Waals surface area contributed by atoms with Gasteiger partial charge >= 0.3 is 0 Å². The second kappa shape index (κ2) is 5.06. The van der Waals surface area contributed by atoms with E-state index >= 15 is 0 Å². The van der Waals surface area contributed by atoms with Crippen LogP contribution in [-0.4, -0.2) is 19.9 Å². The van der Waals surface area contributed by atoms with Crippen LogP contribution >= 0.6 is 0 Å². The first-order valence-corrected chi connectivity index (χ1v) is 6.74. The predicted octanol–water partition coefficient (Wildman–Crippen LogP) is 3.04. The summed E-state index contributed by atoms with van der Waals surface area (Å²) in [6, 6.07) is 11.8. The van der Waals surface area contributed by atoms with Gasteiger partial charge in [-0.15, -0.1) is 0 Å². The lowest BCUT2D eigenvalue weighted by molar-refractivity contribution is 0.277. The molecule has 0 fully saturated rings. The summed E-state index contributed by atoms with van der Waals surface area (Å²) >= 11 is 0. The van der Waals surface area contributed by atoms with Crippen molar-refractivity contribution in [1.29, 1.82) is 0 Å². The topological polar surface area (TPSA) is 50.9 Å². The molecule has 1 N–H and O–H groups in total. The van der Waals surface area contributed by atoms with Gasteiger partial charge in [0.2, 0.25) is 0 Å². The fraction of sp³-hybridized carbons (Fsp3) is 0.250. The van der Waals surface area contributed by atoms with Gasteiger partial charge in [0.1, 0.15) is 0 Å². The van der Waals surface area contributed by atoms with Gasteiger partial charge in [0.25, 0.3) is 0 Å². The van der Waals surface area contributed by atoms with E-state index in [-0.39, 0.29) is 6.61 Å². The second-order valence-electron chi connectivity index (χ2n) is 5.15. The Balaban J connectivity index is 2.22. The Morgan fingerprint density at radius 2 is 2.00 bits per heavy atom. The third-order valence-corrected chi connectivity index (χ3v) is 3.36. The van der Waals surface area contributed by atoms with Crippen LogP contribution in [0.2, 0.25) is 0 Å². The largest absolute Gasteiger partial charge is 0.390 e. The maximum Gasteiger partial charge on any atom is 0.0854 e. The van der Waals surface area contributed by atoms with Crippen LogP contribution in [0.4, 0.5) is 0 Å². The average molecular weight is 267 g/mol. The van der Waals surface area contributed by atoms with Crippen molar-refractivity contribution in [2.75, 3.05) is 0 Å². The Labute approximate surface area is 117 Å².